The van der Waals surface area contributed by atoms with Gasteiger partial charge in [-0.2, -0.15) is 0 Å². The van der Waals surface area contributed by atoms with E-state index in [1.165, 1.54) is 11.6 Å². The smallest absolute Gasteiger partial charge is 0.337 e. The largest absolute Gasteiger partial charge is 0.478 e. The van der Waals surface area contributed by atoms with Crippen molar-refractivity contribution >= 4 is 11.7 Å². The van der Waals surface area contributed by atoms with Gasteiger partial charge in [0.2, 0.25) is 0 Å². The summed E-state index contributed by atoms with van der Waals surface area (Å²) in [5.41, 5.74) is 10.3. The molecule has 0 unspecified atom stereocenters. The Labute approximate surface area is 149 Å². The lowest BCUT2D eigenvalue weighted by atomic mass is 9.91. The molecule has 0 atom stereocenters. The number of carboxylic acids is 1. The molecule has 136 valence electrons. The van der Waals surface area contributed by atoms with Gasteiger partial charge in [0.15, 0.2) is 0 Å². The van der Waals surface area contributed by atoms with Crippen LogP contribution in [0.15, 0.2) is 36.4 Å². The summed E-state index contributed by atoms with van der Waals surface area (Å²) in [6, 6.07) is 11.0. The number of carbonyl (C=O) groups is 1. The molecule has 0 amide bonds. The van der Waals surface area contributed by atoms with E-state index in [1.807, 2.05) is 26.0 Å². The van der Waals surface area contributed by atoms with E-state index >= 15 is 0 Å². The van der Waals surface area contributed by atoms with Crippen molar-refractivity contribution in [2.75, 3.05) is 12.3 Å². The first-order valence-electron chi connectivity index (χ1n) is 8.46. The van der Waals surface area contributed by atoms with E-state index in [2.05, 4.69) is 24.8 Å². The second-order valence-corrected chi connectivity index (χ2v) is 5.76. The summed E-state index contributed by atoms with van der Waals surface area (Å²) in [5, 5.41) is 17.6. The first-order chi connectivity index (χ1) is 11.9. The van der Waals surface area contributed by atoms with Crippen molar-refractivity contribution in [1.29, 1.82) is 0 Å². The molecule has 5 nitrogen and oxygen atoms in total. The van der Waals surface area contributed by atoms with Crippen LogP contribution in [0.4, 0.5) is 5.69 Å². The molecule has 0 aliphatic carbocycles. The Morgan fingerprint density at radius 2 is 1.72 bits per heavy atom. The van der Waals surface area contributed by atoms with Gasteiger partial charge in [0.1, 0.15) is 0 Å². The van der Waals surface area contributed by atoms with Crippen LogP contribution in [-0.2, 0) is 11.3 Å². The highest BCUT2D eigenvalue weighted by Gasteiger charge is 2.12. The zero-order chi connectivity index (χ0) is 19.0. The molecule has 0 fully saturated rings. The summed E-state index contributed by atoms with van der Waals surface area (Å²) >= 11 is 0. The number of hydrogen-bond acceptors (Lipinski definition) is 4. The molecule has 0 saturated heterocycles. The van der Waals surface area contributed by atoms with E-state index in [0.717, 1.165) is 16.7 Å². The Bertz CT molecular complexity index is 711. The lowest BCUT2D eigenvalue weighted by Gasteiger charge is -2.15. The van der Waals surface area contributed by atoms with Crippen LogP contribution in [0.5, 0.6) is 0 Å². The third kappa shape index (κ3) is 5.31. The standard InChI is InChI=1S/C18H21NO4.C2H6/c1-11(2)16-9-13(4-3-12(16)7-8-23-22)14-5-6-15(18(20)21)17(19)10-14;1-2/h3-6,9-11,22H,7-8,19H2,1-2H3,(H,20,21);1-2H3. The number of nitrogen functional groups attached to an aromatic ring is 1. The van der Waals surface area contributed by atoms with Crippen molar-refractivity contribution in [3.63, 3.8) is 0 Å². The Morgan fingerprint density at radius 3 is 2.24 bits per heavy atom. The fourth-order valence-corrected chi connectivity index (χ4v) is 2.63. The average molecular weight is 345 g/mol. The lowest BCUT2D eigenvalue weighted by Crippen LogP contribution is -2.03. The normalized spacial score (nSPS) is 10.3. The van der Waals surface area contributed by atoms with Crippen molar-refractivity contribution in [3.8, 4) is 11.1 Å². The molecule has 2 rings (SSSR count). The van der Waals surface area contributed by atoms with E-state index in [0.29, 0.717) is 12.3 Å². The predicted molar refractivity (Wildman–Crippen MR) is 101 cm³/mol. The monoisotopic (exact) mass is 345 g/mol. The fraction of sp³-hybridized carbons (Fsp3) is 0.350. The van der Waals surface area contributed by atoms with Crippen LogP contribution in [0.25, 0.3) is 11.1 Å². The molecule has 0 spiro atoms. The number of benzene rings is 2. The number of hydrogen-bond donors (Lipinski definition) is 3. The van der Waals surface area contributed by atoms with E-state index in [9.17, 15) is 4.79 Å². The average Bonchev–Trinajstić information content (AvgIpc) is 2.61. The molecule has 2 aromatic rings. The Kier molecular flexibility index (Phi) is 8.11. The van der Waals surface area contributed by atoms with Crippen molar-refractivity contribution in [3.05, 3.63) is 53.1 Å². The maximum absolute atomic E-state index is 11.0. The summed E-state index contributed by atoms with van der Waals surface area (Å²) in [7, 11) is 0. The third-order valence-corrected chi connectivity index (χ3v) is 3.85. The highest BCUT2D eigenvalue weighted by molar-refractivity contribution is 5.94. The molecular weight excluding hydrogens is 318 g/mol. The van der Waals surface area contributed by atoms with Gasteiger partial charge in [-0.1, -0.05) is 52.0 Å². The van der Waals surface area contributed by atoms with Gasteiger partial charge in [-0.05, 0) is 46.7 Å². The number of carboxylic acid groups (broad SMARTS) is 1. The Morgan fingerprint density at radius 1 is 1.12 bits per heavy atom. The number of anilines is 1. The molecule has 0 aliphatic heterocycles. The predicted octanol–water partition coefficient (Wildman–Crippen LogP) is 4.82. The van der Waals surface area contributed by atoms with Crippen LogP contribution in [0, 0.1) is 0 Å². The maximum atomic E-state index is 11.0. The maximum Gasteiger partial charge on any atom is 0.337 e. The number of aromatic carboxylic acids is 1. The van der Waals surface area contributed by atoms with Crippen LogP contribution in [0.2, 0.25) is 0 Å². The van der Waals surface area contributed by atoms with Gasteiger partial charge < -0.3 is 10.8 Å². The fourth-order valence-electron chi connectivity index (χ4n) is 2.63. The molecule has 0 saturated carbocycles. The van der Waals surface area contributed by atoms with Gasteiger partial charge in [-0.25, -0.2) is 9.68 Å². The van der Waals surface area contributed by atoms with Gasteiger partial charge in [0, 0.05) is 5.69 Å². The van der Waals surface area contributed by atoms with Gasteiger partial charge in [-0.15, -0.1) is 0 Å². The zero-order valence-corrected chi connectivity index (χ0v) is 15.2. The van der Waals surface area contributed by atoms with Crippen LogP contribution in [-0.4, -0.2) is 22.9 Å². The summed E-state index contributed by atoms with van der Waals surface area (Å²) in [6.07, 6.45) is 0.629. The molecule has 0 radical (unpaired) electrons. The third-order valence-electron chi connectivity index (χ3n) is 3.85. The molecule has 2 aromatic carbocycles. The van der Waals surface area contributed by atoms with E-state index in [-0.39, 0.29) is 17.9 Å². The highest BCUT2D eigenvalue weighted by atomic mass is 17.1. The van der Waals surface area contributed by atoms with Crippen molar-refractivity contribution < 1.29 is 20.0 Å². The van der Waals surface area contributed by atoms with Gasteiger partial charge in [-0.3, -0.25) is 5.26 Å². The van der Waals surface area contributed by atoms with E-state index < -0.39 is 5.97 Å². The van der Waals surface area contributed by atoms with Crippen molar-refractivity contribution in [2.24, 2.45) is 0 Å². The van der Waals surface area contributed by atoms with Gasteiger partial charge >= 0.3 is 5.97 Å². The van der Waals surface area contributed by atoms with Crippen LogP contribution < -0.4 is 5.73 Å². The summed E-state index contributed by atoms with van der Waals surface area (Å²) in [6.45, 7) is 8.45. The minimum absolute atomic E-state index is 0.106. The number of nitrogens with two attached hydrogens (primary N) is 1. The molecule has 0 aromatic heterocycles. The van der Waals surface area contributed by atoms with Crippen molar-refractivity contribution in [2.45, 2.75) is 40.0 Å². The van der Waals surface area contributed by atoms with Gasteiger partial charge in [0.05, 0.1) is 12.2 Å². The number of rotatable bonds is 6. The Balaban J connectivity index is 0.00000151. The molecule has 25 heavy (non-hydrogen) atoms. The second-order valence-electron chi connectivity index (χ2n) is 5.76. The minimum atomic E-state index is -1.03. The Hall–Kier alpha value is -2.37. The van der Waals surface area contributed by atoms with Crippen molar-refractivity contribution in [1.82, 2.24) is 0 Å². The molecule has 0 aliphatic rings. The van der Waals surface area contributed by atoms with Crippen LogP contribution >= 0.6 is 0 Å². The zero-order valence-electron chi connectivity index (χ0n) is 15.2. The summed E-state index contributed by atoms with van der Waals surface area (Å²) < 4.78 is 0. The quantitative estimate of drug-likeness (QED) is 0.397. The minimum Gasteiger partial charge on any atom is -0.478 e. The summed E-state index contributed by atoms with van der Waals surface area (Å²) in [4.78, 5) is 15.2. The molecule has 0 bridgehead atoms. The SMILES string of the molecule is CC.CC(C)c1cc(-c2ccc(C(=O)O)c(N)c2)ccc1CCOO. The molecule has 0 heterocycles. The summed E-state index contributed by atoms with van der Waals surface area (Å²) in [5.74, 6) is -0.712. The van der Waals surface area contributed by atoms with Crippen LogP contribution in [0.3, 0.4) is 0 Å². The lowest BCUT2D eigenvalue weighted by molar-refractivity contribution is -0.241. The van der Waals surface area contributed by atoms with Crippen LogP contribution in [0.1, 0.15) is 55.1 Å². The van der Waals surface area contributed by atoms with E-state index in [1.54, 1.807) is 12.1 Å². The first-order valence-corrected chi connectivity index (χ1v) is 8.46. The second kappa shape index (κ2) is 9.81. The molecule has 4 N–H and O–H groups in total. The van der Waals surface area contributed by atoms with Gasteiger partial charge in [0.25, 0.3) is 0 Å². The molecular formula is C20H27NO4. The topological polar surface area (TPSA) is 92.8 Å². The highest BCUT2D eigenvalue weighted by Crippen LogP contribution is 2.29. The molecule has 5 heteroatoms. The van der Waals surface area contributed by atoms with E-state index in [4.69, 9.17) is 16.1 Å². The first kappa shape index (κ1) is 20.7.